The first-order chi connectivity index (χ1) is 8.19. The topological polar surface area (TPSA) is 54.9 Å². The van der Waals surface area contributed by atoms with Crippen LogP contribution >= 0.6 is 11.6 Å². The molecule has 0 aliphatic carbocycles. The van der Waals surface area contributed by atoms with Gasteiger partial charge in [-0.15, -0.1) is 0 Å². The van der Waals surface area contributed by atoms with E-state index in [9.17, 15) is 9.18 Å². The molecule has 2 aromatic rings. The number of anilines is 2. The van der Waals surface area contributed by atoms with Crippen LogP contribution < -0.4 is 5.32 Å². The molecule has 2 rings (SSSR count). The molecule has 1 heterocycles. The summed E-state index contributed by atoms with van der Waals surface area (Å²) < 4.78 is 13.3. The number of aromatic nitrogens is 2. The Balaban J connectivity index is 2.30. The Labute approximate surface area is 101 Å². The van der Waals surface area contributed by atoms with Crippen molar-refractivity contribution >= 4 is 29.4 Å². The van der Waals surface area contributed by atoms with E-state index < -0.39 is 5.82 Å². The number of nitrogens with zero attached hydrogens (tertiary/aromatic N) is 2. The summed E-state index contributed by atoms with van der Waals surface area (Å²) in [6.45, 7) is 0. The van der Waals surface area contributed by atoms with E-state index in [0.717, 1.165) is 6.20 Å². The summed E-state index contributed by atoms with van der Waals surface area (Å²) in [5.41, 5.74) is 1.03. The quantitative estimate of drug-likeness (QED) is 0.673. The number of rotatable bonds is 3. The van der Waals surface area contributed by atoms with E-state index in [1.807, 2.05) is 0 Å². The highest BCUT2D eigenvalue weighted by Gasteiger charge is 2.06. The van der Waals surface area contributed by atoms with E-state index in [4.69, 9.17) is 11.6 Å². The van der Waals surface area contributed by atoms with Crippen LogP contribution in [0, 0.1) is 5.82 Å². The van der Waals surface area contributed by atoms with Crippen molar-refractivity contribution in [2.24, 2.45) is 0 Å². The third kappa shape index (κ3) is 2.76. The normalized spacial score (nSPS) is 10.0. The number of carbonyl (C=O) groups excluding carboxylic acids is 1. The second-order valence-corrected chi connectivity index (χ2v) is 3.54. The SMILES string of the molecule is O=Cc1cccc(Nc2nc(Cl)ncc2F)c1. The van der Waals surface area contributed by atoms with Gasteiger partial charge in [0.2, 0.25) is 5.28 Å². The maximum absolute atomic E-state index is 13.3. The van der Waals surface area contributed by atoms with Gasteiger partial charge in [0.1, 0.15) is 6.29 Å². The van der Waals surface area contributed by atoms with Gasteiger partial charge in [-0.25, -0.2) is 9.37 Å². The van der Waals surface area contributed by atoms with Crippen molar-refractivity contribution in [1.82, 2.24) is 9.97 Å². The third-order valence-corrected chi connectivity index (χ3v) is 2.18. The molecule has 0 bridgehead atoms. The van der Waals surface area contributed by atoms with Gasteiger partial charge in [-0.3, -0.25) is 4.79 Å². The molecular formula is C11H7ClFN3O. The highest BCUT2D eigenvalue weighted by molar-refractivity contribution is 6.28. The van der Waals surface area contributed by atoms with Gasteiger partial charge < -0.3 is 5.32 Å². The molecular weight excluding hydrogens is 245 g/mol. The van der Waals surface area contributed by atoms with E-state index in [0.29, 0.717) is 17.5 Å². The van der Waals surface area contributed by atoms with Gasteiger partial charge in [-0.1, -0.05) is 12.1 Å². The maximum atomic E-state index is 13.3. The Morgan fingerprint density at radius 3 is 3.00 bits per heavy atom. The van der Waals surface area contributed by atoms with Crippen LogP contribution in [0.4, 0.5) is 15.9 Å². The Kier molecular flexibility index (Phi) is 3.30. The zero-order valence-electron chi connectivity index (χ0n) is 8.52. The Morgan fingerprint density at radius 1 is 1.41 bits per heavy atom. The molecule has 0 fully saturated rings. The van der Waals surface area contributed by atoms with Crippen molar-refractivity contribution in [3.63, 3.8) is 0 Å². The molecule has 0 saturated heterocycles. The molecule has 0 spiro atoms. The lowest BCUT2D eigenvalue weighted by molar-refractivity contribution is 0.112. The van der Waals surface area contributed by atoms with Crippen LogP contribution in [-0.2, 0) is 0 Å². The van der Waals surface area contributed by atoms with E-state index in [1.165, 1.54) is 0 Å². The Bertz CT molecular complexity index is 562. The number of aldehydes is 1. The van der Waals surface area contributed by atoms with Crippen LogP contribution in [0.5, 0.6) is 0 Å². The van der Waals surface area contributed by atoms with Crippen LogP contribution in [0.3, 0.4) is 0 Å². The van der Waals surface area contributed by atoms with Crippen LogP contribution in [0.1, 0.15) is 10.4 Å². The average molecular weight is 252 g/mol. The number of benzene rings is 1. The fourth-order valence-electron chi connectivity index (χ4n) is 1.26. The highest BCUT2D eigenvalue weighted by atomic mass is 35.5. The van der Waals surface area contributed by atoms with E-state index >= 15 is 0 Å². The minimum Gasteiger partial charge on any atom is -0.338 e. The van der Waals surface area contributed by atoms with Crippen molar-refractivity contribution < 1.29 is 9.18 Å². The van der Waals surface area contributed by atoms with E-state index in [-0.39, 0.29) is 11.1 Å². The number of halogens is 2. The molecule has 6 heteroatoms. The molecule has 0 radical (unpaired) electrons. The van der Waals surface area contributed by atoms with Crippen LogP contribution in [0.25, 0.3) is 0 Å². The van der Waals surface area contributed by atoms with Crippen molar-refractivity contribution in [2.75, 3.05) is 5.32 Å². The first-order valence-electron chi connectivity index (χ1n) is 4.69. The zero-order valence-corrected chi connectivity index (χ0v) is 9.28. The first-order valence-corrected chi connectivity index (χ1v) is 5.07. The second kappa shape index (κ2) is 4.88. The summed E-state index contributed by atoms with van der Waals surface area (Å²) >= 11 is 5.56. The average Bonchev–Trinajstić information content (AvgIpc) is 2.34. The number of hydrogen-bond donors (Lipinski definition) is 1. The van der Waals surface area contributed by atoms with Gasteiger partial charge in [-0.2, -0.15) is 4.98 Å². The minimum atomic E-state index is -0.620. The summed E-state index contributed by atoms with van der Waals surface area (Å²) in [7, 11) is 0. The van der Waals surface area contributed by atoms with Crippen molar-refractivity contribution in [3.8, 4) is 0 Å². The molecule has 0 aliphatic heterocycles. The monoisotopic (exact) mass is 251 g/mol. The zero-order chi connectivity index (χ0) is 12.3. The molecule has 0 atom stereocenters. The smallest absolute Gasteiger partial charge is 0.224 e. The minimum absolute atomic E-state index is 0.0342. The third-order valence-electron chi connectivity index (χ3n) is 2.00. The molecule has 4 nitrogen and oxygen atoms in total. The summed E-state index contributed by atoms with van der Waals surface area (Å²) in [4.78, 5) is 17.8. The van der Waals surface area contributed by atoms with Gasteiger partial charge in [0, 0.05) is 11.3 Å². The predicted octanol–water partition coefficient (Wildman–Crippen LogP) is 2.83. The lowest BCUT2D eigenvalue weighted by Crippen LogP contribution is -1.99. The predicted molar refractivity (Wildman–Crippen MR) is 62.1 cm³/mol. The first kappa shape index (κ1) is 11.5. The number of carbonyl (C=O) groups is 1. The van der Waals surface area contributed by atoms with Crippen LogP contribution in [-0.4, -0.2) is 16.3 Å². The maximum Gasteiger partial charge on any atom is 0.224 e. The standard InChI is InChI=1S/C11H7ClFN3O/c12-11-14-5-9(13)10(16-11)15-8-3-1-2-7(4-8)6-17/h1-6H,(H,14,15,16). The van der Waals surface area contributed by atoms with E-state index in [2.05, 4.69) is 15.3 Å². The molecule has 1 aromatic heterocycles. The number of hydrogen-bond acceptors (Lipinski definition) is 4. The van der Waals surface area contributed by atoms with Crippen LogP contribution in [0.2, 0.25) is 5.28 Å². The van der Waals surface area contributed by atoms with Gasteiger partial charge in [0.05, 0.1) is 6.20 Å². The fourth-order valence-corrected chi connectivity index (χ4v) is 1.39. The molecule has 1 aromatic carbocycles. The van der Waals surface area contributed by atoms with Crippen LogP contribution in [0.15, 0.2) is 30.5 Å². The lowest BCUT2D eigenvalue weighted by atomic mass is 10.2. The Hall–Kier alpha value is -2.01. The molecule has 0 saturated carbocycles. The van der Waals surface area contributed by atoms with Crippen molar-refractivity contribution in [2.45, 2.75) is 0 Å². The summed E-state index contributed by atoms with van der Waals surface area (Å²) in [5, 5.41) is 2.66. The molecule has 0 aliphatic rings. The van der Waals surface area contributed by atoms with Gasteiger partial charge >= 0.3 is 0 Å². The highest BCUT2D eigenvalue weighted by Crippen LogP contribution is 2.18. The molecule has 0 unspecified atom stereocenters. The fraction of sp³-hybridized carbons (Fsp3) is 0. The second-order valence-electron chi connectivity index (χ2n) is 3.20. The molecule has 1 N–H and O–H groups in total. The summed E-state index contributed by atoms with van der Waals surface area (Å²) in [6.07, 6.45) is 1.68. The van der Waals surface area contributed by atoms with Crippen molar-refractivity contribution in [3.05, 3.63) is 47.1 Å². The largest absolute Gasteiger partial charge is 0.338 e. The Morgan fingerprint density at radius 2 is 2.24 bits per heavy atom. The molecule has 17 heavy (non-hydrogen) atoms. The van der Waals surface area contributed by atoms with Gasteiger partial charge in [-0.05, 0) is 23.7 Å². The van der Waals surface area contributed by atoms with Crippen molar-refractivity contribution in [1.29, 1.82) is 0 Å². The molecule has 86 valence electrons. The number of nitrogens with one attached hydrogen (secondary N) is 1. The summed E-state index contributed by atoms with van der Waals surface area (Å²) in [5.74, 6) is -0.654. The lowest BCUT2D eigenvalue weighted by Gasteiger charge is -2.06. The van der Waals surface area contributed by atoms with E-state index in [1.54, 1.807) is 24.3 Å². The summed E-state index contributed by atoms with van der Waals surface area (Å²) in [6, 6.07) is 6.57. The molecule has 0 amide bonds. The van der Waals surface area contributed by atoms with Gasteiger partial charge in [0.15, 0.2) is 11.6 Å². The van der Waals surface area contributed by atoms with Gasteiger partial charge in [0.25, 0.3) is 0 Å².